The van der Waals surface area contributed by atoms with Gasteiger partial charge in [-0.25, -0.2) is 9.37 Å². The highest BCUT2D eigenvalue weighted by Gasteiger charge is 2.42. The van der Waals surface area contributed by atoms with Crippen molar-refractivity contribution < 1.29 is 9.13 Å². The number of imidazole rings is 1. The Hall–Kier alpha value is -0.840. The van der Waals surface area contributed by atoms with Crippen LogP contribution >= 0.6 is 23.2 Å². The van der Waals surface area contributed by atoms with Gasteiger partial charge in [-0.2, -0.15) is 0 Å². The molecule has 2 aliphatic rings. The molecule has 2 heterocycles. The van der Waals surface area contributed by atoms with E-state index in [1.807, 2.05) is 0 Å². The summed E-state index contributed by atoms with van der Waals surface area (Å²) < 4.78 is 21.7. The van der Waals surface area contributed by atoms with Gasteiger partial charge in [0, 0.05) is 12.7 Å². The number of hydrogen-bond acceptors (Lipinski definition) is 2. The number of ether oxygens (including phenoxy) is 1. The molecule has 1 saturated carbocycles. The highest BCUT2D eigenvalue weighted by atomic mass is 35.5. The molecule has 0 bridgehead atoms. The van der Waals surface area contributed by atoms with Crippen LogP contribution in [0.1, 0.15) is 31.1 Å². The fourth-order valence-corrected chi connectivity index (χ4v) is 3.70. The molecule has 2 unspecified atom stereocenters. The van der Waals surface area contributed by atoms with Gasteiger partial charge >= 0.3 is 0 Å². The third kappa shape index (κ3) is 2.24. The summed E-state index contributed by atoms with van der Waals surface area (Å²) in [5, 5.41) is 0.117. The molecule has 112 valence electrons. The summed E-state index contributed by atoms with van der Waals surface area (Å²) in [6, 6.07) is 3.25. The Balaban J connectivity index is 1.87. The predicted molar refractivity (Wildman–Crippen MR) is 80.4 cm³/mol. The monoisotopic (exact) mass is 328 g/mol. The van der Waals surface area contributed by atoms with Gasteiger partial charge < -0.3 is 9.30 Å². The standard InChI is InChI=1S/C15H15Cl2FN2O/c16-7-14-19-11-6-10(18)9(17)5-13(11)20(14)12-3-4-21-15(12)8-1-2-8/h5-6,8,12,15H,1-4,7H2. The van der Waals surface area contributed by atoms with E-state index >= 15 is 0 Å². The first-order valence-corrected chi connectivity index (χ1v) is 8.13. The SMILES string of the molecule is Fc1cc2nc(CCl)n(C3CCOC3C3CC3)c2cc1Cl. The third-order valence-electron chi connectivity index (χ3n) is 4.45. The van der Waals surface area contributed by atoms with Crippen molar-refractivity contribution in [3.05, 3.63) is 28.8 Å². The molecule has 21 heavy (non-hydrogen) atoms. The fourth-order valence-electron chi connectivity index (χ4n) is 3.36. The molecule has 0 amide bonds. The summed E-state index contributed by atoms with van der Waals surface area (Å²) in [6.45, 7) is 0.752. The number of halogens is 3. The first-order valence-electron chi connectivity index (χ1n) is 7.22. The number of hydrogen-bond donors (Lipinski definition) is 0. The van der Waals surface area contributed by atoms with E-state index in [1.54, 1.807) is 6.07 Å². The average molecular weight is 329 g/mol. The molecular formula is C15H15Cl2FN2O. The normalized spacial score (nSPS) is 25.9. The number of alkyl halides is 1. The van der Waals surface area contributed by atoms with E-state index in [-0.39, 0.29) is 17.2 Å². The van der Waals surface area contributed by atoms with Gasteiger partial charge in [-0.15, -0.1) is 11.6 Å². The van der Waals surface area contributed by atoms with Crippen LogP contribution in [0.15, 0.2) is 12.1 Å². The third-order valence-corrected chi connectivity index (χ3v) is 4.97. The van der Waals surface area contributed by atoms with E-state index in [2.05, 4.69) is 9.55 Å². The van der Waals surface area contributed by atoms with Crippen molar-refractivity contribution in [2.75, 3.05) is 6.61 Å². The van der Waals surface area contributed by atoms with Gasteiger partial charge in [0.2, 0.25) is 0 Å². The minimum Gasteiger partial charge on any atom is -0.376 e. The van der Waals surface area contributed by atoms with Crippen LogP contribution in [0.25, 0.3) is 11.0 Å². The molecule has 2 aromatic rings. The molecule has 6 heteroatoms. The zero-order valence-corrected chi connectivity index (χ0v) is 12.9. The lowest BCUT2D eigenvalue weighted by molar-refractivity contribution is 0.0754. The van der Waals surface area contributed by atoms with Gasteiger partial charge in [0.15, 0.2) is 0 Å². The summed E-state index contributed by atoms with van der Waals surface area (Å²) >= 11 is 12.0. The minimum absolute atomic E-state index is 0.117. The molecule has 1 saturated heterocycles. The van der Waals surface area contributed by atoms with Gasteiger partial charge in [-0.05, 0) is 31.2 Å². The summed E-state index contributed by atoms with van der Waals surface area (Å²) in [6.07, 6.45) is 3.60. The van der Waals surface area contributed by atoms with Crippen molar-refractivity contribution in [2.45, 2.75) is 37.3 Å². The molecule has 1 aromatic carbocycles. The van der Waals surface area contributed by atoms with Crippen molar-refractivity contribution in [2.24, 2.45) is 5.92 Å². The van der Waals surface area contributed by atoms with Gasteiger partial charge in [-0.3, -0.25) is 0 Å². The lowest BCUT2D eigenvalue weighted by Crippen LogP contribution is -2.23. The van der Waals surface area contributed by atoms with Gasteiger partial charge in [0.1, 0.15) is 11.6 Å². The number of nitrogens with zero attached hydrogens (tertiary/aromatic N) is 2. The molecule has 2 atom stereocenters. The Morgan fingerprint density at radius 3 is 2.86 bits per heavy atom. The van der Waals surface area contributed by atoms with E-state index in [4.69, 9.17) is 27.9 Å². The highest BCUT2D eigenvalue weighted by Crippen LogP contribution is 2.44. The second-order valence-electron chi connectivity index (χ2n) is 5.82. The Bertz CT molecular complexity index is 699. The molecule has 1 aliphatic carbocycles. The Morgan fingerprint density at radius 1 is 1.33 bits per heavy atom. The summed E-state index contributed by atoms with van der Waals surface area (Å²) in [4.78, 5) is 4.47. The van der Waals surface area contributed by atoms with Crippen LogP contribution in [0.4, 0.5) is 4.39 Å². The van der Waals surface area contributed by atoms with Crippen molar-refractivity contribution >= 4 is 34.2 Å². The molecular weight excluding hydrogens is 314 g/mol. The fraction of sp³-hybridized carbons (Fsp3) is 0.533. The van der Waals surface area contributed by atoms with Crippen LogP contribution in [0.3, 0.4) is 0 Å². The van der Waals surface area contributed by atoms with Crippen LogP contribution in [-0.2, 0) is 10.6 Å². The highest BCUT2D eigenvalue weighted by molar-refractivity contribution is 6.31. The molecule has 4 rings (SSSR count). The van der Waals surface area contributed by atoms with Crippen molar-refractivity contribution in [3.63, 3.8) is 0 Å². The predicted octanol–water partition coefficient (Wildman–Crippen LogP) is 4.31. The Morgan fingerprint density at radius 2 is 2.14 bits per heavy atom. The lowest BCUT2D eigenvalue weighted by atomic mass is 10.1. The maximum absolute atomic E-state index is 13.6. The second kappa shape index (κ2) is 5.11. The van der Waals surface area contributed by atoms with E-state index < -0.39 is 5.82 Å². The number of rotatable bonds is 3. The molecule has 1 aromatic heterocycles. The zero-order valence-electron chi connectivity index (χ0n) is 11.4. The Kier molecular flexibility index (Phi) is 3.36. The number of fused-ring (bicyclic) bond motifs is 1. The molecule has 3 nitrogen and oxygen atoms in total. The van der Waals surface area contributed by atoms with Gasteiger partial charge in [-0.1, -0.05) is 11.6 Å². The number of benzene rings is 1. The van der Waals surface area contributed by atoms with Crippen LogP contribution in [0.2, 0.25) is 5.02 Å². The topological polar surface area (TPSA) is 27.1 Å². The summed E-state index contributed by atoms with van der Waals surface area (Å²) in [5.41, 5.74) is 1.45. The maximum atomic E-state index is 13.6. The summed E-state index contributed by atoms with van der Waals surface area (Å²) in [7, 11) is 0. The second-order valence-corrected chi connectivity index (χ2v) is 6.49. The molecule has 2 fully saturated rings. The van der Waals surface area contributed by atoms with Crippen LogP contribution in [0, 0.1) is 11.7 Å². The van der Waals surface area contributed by atoms with Crippen LogP contribution < -0.4 is 0 Å². The number of aromatic nitrogens is 2. The van der Waals surface area contributed by atoms with E-state index in [1.165, 1.54) is 18.9 Å². The molecule has 0 N–H and O–H groups in total. The first kappa shape index (κ1) is 13.8. The van der Waals surface area contributed by atoms with Gasteiger partial charge in [0.25, 0.3) is 0 Å². The molecule has 0 spiro atoms. The average Bonchev–Trinajstić information content (AvgIpc) is 3.10. The first-order chi connectivity index (χ1) is 10.2. The van der Waals surface area contributed by atoms with Crippen molar-refractivity contribution in [1.82, 2.24) is 9.55 Å². The van der Waals surface area contributed by atoms with Crippen LogP contribution in [-0.4, -0.2) is 22.3 Å². The van der Waals surface area contributed by atoms with Crippen molar-refractivity contribution in [3.8, 4) is 0 Å². The smallest absolute Gasteiger partial charge is 0.144 e. The molecule has 1 aliphatic heterocycles. The lowest BCUT2D eigenvalue weighted by Gasteiger charge is -2.22. The van der Waals surface area contributed by atoms with Crippen molar-refractivity contribution in [1.29, 1.82) is 0 Å². The molecule has 0 radical (unpaired) electrons. The quantitative estimate of drug-likeness (QED) is 0.785. The largest absolute Gasteiger partial charge is 0.376 e. The van der Waals surface area contributed by atoms with Gasteiger partial charge in [0.05, 0.1) is 34.1 Å². The summed E-state index contributed by atoms with van der Waals surface area (Å²) in [5.74, 6) is 1.24. The maximum Gasteiger partial charge on any atom is 0.144 e. The van der Waals surface area contributed by atoms with E-state index in [0.717, 1.165) is 24.4 Å². The minimum atomic E-state index is -0.448. The van der Waals surface area contributed by atoms with Crippen LogP contribution in [0.5, 0.6) is 0 Å². The van der Waals surface area contributed by atoms with E-state index in [9.17, 15) is 4.39 Å². The zero-order chi connectivity index (χ0) is 14.6. The Labute approximate surface area is 132 Å². The van der Waals surface area contributed by atoms with E-state index in [0.29, 0.717) is 17.3 Å².